The molecule has 0 bridgehead atoms. The Labute approximate surface area is 162 Å². The molecule has 4 rings (SSSR count). The van der Waals surface area contributed by atoms with Gasteiger partial charge in [-0.2, -0.15) is 0 Å². The molecule has 3 saturated carbocycles. The smallest absolute Gasteiger partial charge is 0.304 e. The number of nitrogens with zero attached hydrogens (tertiary/aromatic N) is 1. The lowest BCUT2D eigenvalue weighted by molar-refractivity contribution is -0.157. The second kappa shape index (κ2) is 7.34. The van der Waals surface area contributed by atoms with Crippen LogP contribution in [-0.2, 0) is 9.53 Å². The molecular weight excluding hydrogens is 338 g/mol. The first-order valence-corrected chi connectivity index (χ1v) is 10.7. The summed E-state index contributed by atoms with van der Waals surface area (Å²) < 4.78 is 5.92. The average Bonchev–Trinajstić information content (AvgIpc) is 3.03. The highest BCUT2D eigenvalue weighted by Crippen LogP contribution is 2.59. The van der Waals surface area contributed by atoms with Gasteiger partial charge < -0.3 is 9.94 Å². The fourth-order valence-electron chi connectivity index (χ4n) is 6.75. The highest BCUT2D eigenvalue weighted by molar-refractivity contribution is 5.96. The third kappa shape index (κ3) is 3.20. The third-order valence-electron chi connectivity index (χ3n) is 7.63. The minimum Gasteiger partial charge on any atom is -0.446 e. The first-order chi connectivity index (χ1) is 13.1. The molecule has 6 atom stereocenters. The van der Waals surface area contributed by atoms with Gasteiger partial charge in [0.05, 0.1) is 5.71 Å². The van der Waals surface area contributed by atoms with Crippen molar-refractivity contribution in [1.82, 2.24) is 0 Å². The van der Waals surface area contributed by atoms with Crippen LogP contribution in [0, 0.1) is 41.4 Å². The lowest BCUT2D eigenvalue weighted by Gasteiger charge is -2.50. The highest BCUT2D eigenvalue weighted by atomic mass is 16.6. The molecule has 4 nitrogen and oxygen atoms in total. The topological polar surface area (TPSA) is 58.9 Å². The number of hydrogen-bond acceptors (Lipinski definition) is 4. The molecule has 27 heavy (non-hydrogen) atoms. The number of rotatable bonds is 1. The van der Waals surface area contributed by atoms with Crippen molar-refractivity contribution in [3.63, 3.8) is 0 Å². The molecule has 0 aromatic rings. The predicted octanol–water partition coefficient (Wildman–Crippen LogP) is 4.71. The Bertz CT molecular complexity index is 728. The van der Waals surface area contributed by atoms with E-state index in [-0.39, 0.29) is 5.97 Å². The van der Waals surface area contributed by atoms with E-state index in [4.69, 9.17) is 9.94 Å². The maximum atomic E-state index is 11.8. The van der Waals surface area contributed by atoms with Crippen LogP contribution >= 0.6 is 0 Å². The van der Waals surface area contributed by atoms with Crippen LogP contribution in [0.25, 0.3) is 0 Å². The first kappa shape index (κ1) is 18.6. The van der Waals surface area contributed by atoms with E-state index in [1.54, 1.807) is 0 Å². The van der Waals surface area contributed by atoms with E-state index in [1.807, 2.05) is 0 Å². The van der Waals surface area contributed by atoms with Crippen molar-refractivity contribution < 1.29 is 14.7 Å². The molecule has 146 valence electrons. The quantitative estimate of drug-likeness (QED) is 0.315. The van der Waals surface area contributed by atoms with Gasteiger partial charge in [-0.05, 0) is 81.1 Å². The van der Waals surface area contributed by atoms with Crippen molar-refractivity contribution in [2.45, 2.75) is 77.2 Å². The number of hydrogen-bond donors (Lipinski definition) is 1. The van der Waals surface area contributed by atoms with Crippen LogP contribution in [-0.4, -0.2) is 22.5 Å². The zero-order valence-electron chi connectivity index (χ0n) is 16.5. The fourth-order valence-corrected chi connectivity index (χ4v) is 6.75. The highest BCUT2D eigenvalue weighted by Gasteiger charge is 2.57. The number of esters is 1. The van der Waals surface area contributed by atoms with E-state index in [0.29, 0.717) is 17.8 Å². The molecule has 0 aliphatic heterocycles. The lowest BCUT2D eigenvalue weighted by Crippen LogP contribution is -2.47. The van der Waals surface area contributed by atoms with Gasteiger partial charge in [-0.3, -0.25) is 4.79 Å². The number of carbonyl (C=O) groups excluding carboxylic acids is 1. The van der Waals surface area contributed by atoms with Crippen molar-refractivity contribution in [2.75, 3.05) is 0 Å². The van der Waals surface area contributed by atoms with Gasteiger partial charge in [-0.25, -0.2) is 0 Å². The van der Waals surface area contributed by atoms with Crippen LogP contribution in [0.5, 0.6) is 0 Å². The third-order valence-corrected chi connectivity index (χ3v) is 7.63. The van der Waals surface area contributed by atoms with E-state index in [9.17, 15) is 4.79 Å². The van der Waals surface area contributed by atoms with Gasteiger partial charge in [-0.15, -0.1) is 0 Å². The molecule has 0 aromatic heterocycles. The Hall–Kier alpha value is -1.76. The maximum Gasteiger partial charge on any atom is 0.304 e. The minimum atomic E-state index is -0.545. The van der Waals surface area contributed by atoms with Gasteiger partial charge in [0.25, 0.3) is 0 Å². The second-order valence-corrected chi connectivity index (χ2v) is 8.85. The van der Waals surface area contributed by atoms with Gasteiger partial charge in [0.15, 0.2) is 5.60 Å². The molecule has 0 amide bonds. The predicted molar refractivity (Wildman–Crippen MR) is 104 cm³/mol. The maximum absolute atomic E-state index is 11.8. The molecule has 1 N–H and O–H groups in total. The van der Waals surface area contributed by atoms with Gasteiger partial charge in [-0.1, -0.05) is 29.5 Å². The summed E-state index contributed by atoms with van der Waals surface area (Å²) in [6.45, 7) is 3.58. The first-order valence-electron chi connectivity index (χ1n) is 10.7. The zero-order valence-corrected chi connectivity index (χ0v) is 16.5. The largest absolute Gasteiger partial charge is 0.446 e. The summed E-state index contributed by atoms with van der Waals surface area (Å²) >= 11 is 0. The molecule has 4 heteroatoms. The lowest BCUT2D eigenvalue weighted by atomic mass is 9.55. The van der Waals surface area contributed by atoms with Crippen LogP contribution in [0.4, 0.5) is 0 Å². The average molecular weight is 370 g/mol. The Morgan fingerprint density at radius 3 is 2.81 bits per heavy atom. The van der Waals surface area contributed by atoms with E-state index < -0.39 is 5.60 Å². The van der Waals surface area contributed by atoms with E-state index in [2.05, 4.69) is 30.0 Å². The summed E-state index contributed by atoms with van der Waals surface area (Å²) in [5, 5.41) is 12.6. The monoisotopic (exact) mass is 369 g/mol. The van der Waals surface area contributed by atoms with E-state index >= 15 is 0 Å². The molecule has 0 heterocycles. The Balaban J connectivity index is 1.58. The number of carbonyl (C=O) groups is 1. The fraction of sp³-hybridized carbons (Fsp3) is 0.739. The summed E-state index contributed by atoms with van der Waals surface area (Å²) in [7, 11) is 0. The summed E-state index contributed by atoms with van der Waals surface area (Å²) in [6, 6.07) is 0. The minimum absolute atomic E-state index is 0.194. The van der Waals surface area contributed by atoms with Crippen LogP contribution < -0.4 is 0 Å². The van der Waals surface area contributed by atoms with Crippen LogP contribution in [0.3, 0.4) is 0 Å². The molecule has 0 radical (unpaired) electrons. The molecule has 0 unspecified atom stereocenters. The van der Waals surface area contributed by atoms with E-state index in [1.165, 1.54) is 25.3 Å². The molecular formula is C23H31NO3. The summed E-state index contributed by atoms with van der Waals surface area (Å²) in [4.78, 5) is 11.8. The number of allylic oxidation sites excluding steroid dienone is 2. The standard InChI is InChI=1S/C23H31NO3/c1-3-4-12-23(27-15(2)25)13-11-21-20-7-5-16-14-17(24-26)6-8-18(16)19(20)9-10-22(21)23/h14,18-22,26H,3,5-11,13H2,1-2H3/t18-,19+,20+,21-,22-,23-/m0/s1. The molecule has 0 aromatic carbocycles. The Kier molecular flexibility index (Phi) is 5.05. The van der Waals surface area contributed by atoms with Crippen LogP contribution in [0.2, 0.25) is 0 Å². The normalized spacial score (nSPS) is 41.5. The van der Waals surface area contributed by atoms with Crippen molar-refractivity contribution in [3.05, 3.63) is 11.6 Å². The van der Waals surface area contributed by atoms with Gasteiger partial charge in [0, 0.05) is 19.3 Å². The molecule has 4 aliphatic rings. The number of ether oxygens (including phenoxy) is 1. The van der Waals surface area contributed by atoms with E-state index in [0.717, 1.165) is 62.5 Å². The van der Waals surface area contributed by atoms with Crippen molar-refractivity contribution in [3.8, 4) is 11.8 Å². The molecule has 0 saturated heterocycles. The zero-order chi connectivity index (χ0) is 19.0. The Morgan fingerprint density at radius 1 is 1.22 bits per heavy atom. The van der Waals surface area contributed by atoms with Crippen LogP contribution in [0.1, 0.15) is 71.6 Å². The van der Waals surface area contributed by atoms with Gasteiger partial charge >= 0.3 is 5.97 Å². The Morgan fingerprint density at radius 2 is 2.07 bits per heavy atom. The van der Waals surface area contributed by atoms with Crippen LogP contribution in [0.15, 0.2) is 16.8 Å². The van der Waals surface area contributed by atoms with Crippen molar-refractivity contribution in [1.29, 1.82) is 0 Å². The van der Waals surface area contributed by atoms with Crippen molar-refractivity contribution >= 4 is 11.7 Å². The van der Waals surface area contributed by atoms with Crippen molar-refractivity contribution in [2.24, 2.45) is 34.7 Å². The number of fused-ring (bicyclic) bond motifs is 5. The van der Waals surface area contributed by atoms with Gasteiger partial charge in [0.2, 0.25) is 0 Å². The summed E-state index contributed by atoms with van der Waals surface area (Å²) in [6.07, 6.45) is 11.6. The number of oxime groups is 1. The SMILES string of the molecule is CCC#C[C@]1(OC(C)=O)CC[C@H]2[C@@H]3CCC4=CC(=NO)CC[C@@H]4[C@H]3CC[C@@H]21. The van der Waals surface area contributed by atoms with Gasteiger partial charge in [0.1, 0.15) is 0 Å². The molecule has 3 fully saturated rings. The molecule has 4 aliphatic carbocycles. The second-order valence-electron chi connectivity index (χ2n) is 8.85. The molecule has 0 spiro atoms. The summed E-state index contributed by atoms with van der Waals surface area (Å²) in [5.74, 6) is 9.56. The summed E-state index contributed by atoms with van der Waals surface area (Å²) in [5.41, 5.74) is 1.80.